The maximum atomic E-state index is 12.7. The van der Waals surface area contributed by atoms with Gasteiger partial charge >= 0.3 is 6.03 Å². The van der Waals surface area contributed by atoms with Crippen molar-refractivity contribution in [1.82, 2.24) is 15.1 Å². The van der Waals surface area contributed by atoms with Crippen LogP contribution >= 0.6 is 0 Å². The van der Waals surface area contributed by atoms with E-state index in [-0.39, 0.29) is 18.0 Å². The fourth-order valence-corrected chi connectivity index (χ4v) is 3.18. The monoisotopic (exact) mass is 325 g/mol. The number of carbonyl (C=O) groups excluding carboxylic acids is 2. The Morgan fingerprint density at radius 3 is 2.42 bits per heavy atom. The fourth-order valence-electron chi connectivity index (χ4n) is 3.18. The topological polar surface area (TPSA) is 52.7 Å². The maximum Gasteiger partial charge on any atom is 0.319 e. The van der Waals surface area contributed by atoms with Gasteiger partial charge in [0.05, 0.1) is 0 Å². The van der Waals surface area contributed by atoms with Crippen molar-refractivity contribution in [1.29, 1.82) is 0 Å². The first-order valence-corrected chi connectivity index (χ1v) is 8.31. The van der Waals surface area contributed by atoms with Gasteiger partial charge in [-0.05, 0) is 29.7 Å². The van der Waals surface area contributed by atoms with E-state index >= 15 is 0 Å². The molecular weight excluding hydrogens is 302 g/mol. The summed E-state index contributed by atoms with van der Waals surface area (Å²) >= 11 is 0. The molecule has 5 heteroatoms. The van der Waals surface area contributed by atoms with Gasteiger partial charge in [-0.2, -0.15) is 0 Å². The average Bonchev–Trinajstić information content (AvgIpc) is 2.61. The van der Waals surface area contributed by atoms with Crippen LogP contribution in [0, 0.1) is 0 Å². The Morgan fingerprint density at radius 2 is 1.71 bits per heavy atom. The molecule has 1 saturated heterocycles. The summed E-state index contributed by atoms with van der Waals surface area (Å²) in [6.07, 6.45) is 1.58. The van der Waals surface area contributed by atoms with Gasteiger partial charge in [0.2, 0.25) is 0 Å². The van der Waals surface area contributed by atoms with Gasteiger partial charge < -0.3 is 15.1 Å². The quantitative estimate of drug-likeness (QED) is 0.923. The normalized spacial score (nSPS) is 15.3. The average molecular weight is 325 g/mol. The summed E-state index contributed by atoms with van der Waals surface area (Å²) in [6.45, 7) is 1.36. The van der Waals surface area contributed by atoms with Gasteiger partial charge in [-0.1, -0.05) is 36.4 Å². The van der Waals surface area contributed by atoms with Crippen molar-refractivity contribution in [2.75, 3.05) is 27.2 Å². The summed E-state index contributed by atoms with van der Waals surface area (Å²) in [5, 5.41) is 5.16. The third-order valence-electron chi connectivity index (χ3n) is 4.52. The van der Waals surface area contributed by atoms with Gasteiger partial charge in [-0.25, -0.2) is 4.79 Å². The highest BCUT2D eigenvalue weighted by atomic mass is 16.2. The lowest BCUT2D eigenvalue weighted by Crippen LogP contribution is -2.49. The molecule has 0 aromatic heterocycles. The van der Waals surface area contributed by atoms with Crippen LogP contribution in [0.5, 0.6) is 0 Å². The van der Waals surface area contributed by atoms with Crippen LogP contribution in [0.2, 0.25) is 0 Å². The second-order valence-electron chi connectivity index (χ2n) is 6.44. The lowest BCUT2D eigenvalue weighted by atomic mass is 10.0. The molecule has 24 heavy (non-hydrogen) atoms. The fraction of sp³-hybridized carbons (Fsp3) is 0.368. The second kappa shape index (κ2) is 6.91. The van der Waals surface area contributed by atoms with E-state index in [0.29, 0.717) is 18.7 Å². The lowest BCUT2D eigenvalue weighted by molar-refractivity contribution is 0.0916. The molecule has 2 aromatic carbocycles. The SMILES string of the molecule is CN(C)C(=O)N1CCC(NC(=O)c2cccc3ccccc23)CC1. The Labute approximate surface area is 142 Å². The van der Waals surface area contributed by atoms with Crippen LogP contribution < -0.4 is 5.32 Å². The van der Waals surface area contributed by atoms with E-state index in [1.165, 1.54) is 0 Å². The van der Waals surface area contributed by atoms with E-state index in [4.69, 9.17) is 0 Å². The molecule has 5 nitrogen and oxygen atoms in total. The number of piperidine rings is 1. The van der Waals surface area contributed by atoms with E-state index in [0.717, 1.165) is 23.6 Å². The van der Waals surface area contributed by atoms with Crippen molar-refractivity contribution >= 4 is 22.7 Å². The number of hydrogen-bond donors (Lipinski definition) is 1. The van der Waals surface area contributed by atoms with E-state index < -0.39 is 0 Å². The van der Waals surface area contributed by atoms with Gasteiger partial charge in [0.15, 0.2) is 0 Å². The van der Waals surface area contributed by atoms with Crippen LogP contribution in [0.25, 0.3) is 10.8 Å². The molecule has 0 radical (unpaired) electrons. The molecule has 1 heterocycles. The number of urea groups is 1. The van der Waals surface area contributed by atoms with Crippen molar-refractivity contribution in [3.05, 3.63) is 48.0 Å². The van der Waals surface area contributed by atoms with Crippen LogP contribution in [0.1, 0.15) is 23.2 Å². The molecule has 1 aliphatic heterocycles. The molecule has 0 atom stereocenters. The van der Waals surface area contributed by atoms with Crippen LogP contribution in [0.15, 0.2) is 42.5 Å². The molecule has 0 saturated carbocycles. The predicted molar refractivity (Wildman–Crippen MR) is 95.1 cm³/mol. The molecule has 1 fully saturated rings. The van der Waals surface area contributed by atoms with Crippen LogP contribution in [-0.4, -0.2) is 55.0 Å². The first-order chi connectivity index (χ1) is 11.6. The molecule has 1 N–H and O–H groups in total. The highest BCUT2D eigenvalue weighted by Crippen LogP contribution is 2.19. The summed E-state index contributed by atoms with van der Waals surface area (Å²) in [6, 6.07) is 13.8. The summed E-state index contributed by atoms with van der Waals surface area (Å²) in [5.74, 6) is -0.0378. The van der Waals surface area contributed by atoms with Crippen LogP contribution in [0.3, 0.4) is 0 Å². The smallest absolute Gasteiger partial charge is 0.319 e. The zero-order valence-electron chi connectivity index (χ0n) is 14.2. The first kappa shape index (κ1) is 16.3. The van der Waals surface area contributed by atoms with Gasteiger partial charge in [0, 0.05) is 38.8 Å². The molecule has 0 bridgehead atoms. The number of rotatable bonds is 2. The Balaban J connectivity index is 1.65. The molecular formula is C19H23N3O2. The zero-order valence-corrected chi connectivity index (χ0v) is 14.2. The molecule has 0 unspecified atom stereocenters. The number of likely N-dealkylation sites (tertiary alicyclic amines) is 1. The molecule has 0 aliphatic carbocycles. The number of hydrogen-bond acceptors (Lipinski definition) is 2. The minimum Gasteiger partial charge on any atom is -0.349 e. The van der Waals surface area contributed by atoms with Crippen LogP contribution in [-0.2, 0) is 0 Å². The molecule has 3 amide bonds. The second-order valence-corrected chi connectivity index (χ2v) is 6.44. The number of nitrogens with one attached hydrogen (secondary N) is 1. The number of fused-ring (bicyclic) bond motifs is 1. The Hall–Kier alpha value is -2.56. The standard InChI is InChI=1S/C19H23N3O2/c1-21(2)19(24)22-12-10-15(11-13-22)20-18(23)17-9-5-7-14-6-3-4-8-16(14)17/h3-9,15H,10-13H2,1-2H3,(H,20,23). The highest BCUT2D eigenvalue weighted by Gasteiger charge is 2.25. The van der Waals surface area contributed by atoms with Crippen molar-refractivity contribution in [2.45, 2.75) is 18.9 Å². The summed E-state index contributed by atoms with van der Waals surface area (Å²) in [4.78, 5) is 28.0. The van der Waals surface area contributed by atoms with Crippen LogP contribution in [0.4, 0.5) is 4.79 Å². The predicted octanol–water partition coefficient (Wildman–Crippen LogP) is 2.72. The van der Waals surface area contributed by atoms with Gasteiger partial charge in [-0.3, -0.25) is 4.79 Å². The number of carbonyl (C=O) groups is 2. The number of amides is 3. The van der Waals surface area contributed by atoms with Gasteiger partial charge in [0.1, 0.15) is 0 Å². The Bertz CT molecular complexity index is 744. The first-order valence-electron chi connectivity index (χ1n) is 8.31. The van der Waals surface area contributed by atoms with E-state index in [2.05, 4.69) is 5.32 Å². The van der Waals surface area contributed by atoms with E-state index in [1.54, 1.807) is 19.0 Å². The maximum absolute atomic E-state index is 12.7. The molecule has 2 aromatic rings. The molecule has 126 valence electrons. The minimum absolute atomic E-state index is 0.0360. The third kappa shape index (κ3) is 3.35. The van der Waals surface area contributed by atoms with Crippen molar-refractivity contribution in [3.63, 3.8) is 0 Å². The number of benzene rings is 2. The molecule has 0 spiro atoms. The third-order valence-corrected chi connectivity index (χ3v) is 4.52. The van der Waals surface area contributed by atoms with Gasteiger partial charge in [-0.15, -0.1) is 0 Å². The zero-order chi connectivity index (χ0) is 17.1. The van der Waals surface area contributed by atoms with E-state index in [1.807, 2.05) is 47.4 Å². The van der Waals surface area contributed by atoms with Gasteiger partial charge in [0.25, 0.3) is 5.91 Å². The summed E-state index contributed by atoms with van der Waals surface area (Å²) in [7, 11) is 3.52. The molecule has 1 aliphatic rings. The van der Waals surface area contributed by atoms with Crippen molar-refractivity contribution in [2.24, 2.45) is 0 Å². The number of nitrogens with zero attached hydrogens (tertiary/aromatic N) is 2. The van der Waals surface area contributed by atoms with E-state index in [9.17, 15) is 9.59 Å². The van der Waals surface area contributed by atoms with Crippen molar-refractivity contribution < 1.29 is 9.59 Å². The lowest BCUT2D eigenvalue weighted by Gasteiger charge is -2.34. The largest absolute Gasteiger partial charge is 0.349 e. The molecule has 3 rings (SSSR count). The highest BCUT2D eigenvalue weighted by molar-refractivity contribution is 6.07. The summed E-state index contributed by atoms with van der Waals surface area (Å²) < 4.78 is 0. The summed E-state index contributed by atoms with van der Waals surface area (Å²) in [5.41, 5.74) is 0.708. The van der Waals surface area contributed by atoms with Crippen molar-refractivity contribution in [3.8, 4) is 0 Å². The Kier molecular flexibility index (Phi) is 4.69. The minimum atomic E-state index is -0.0378. The Morgan fingerprint density at radius 1 is 1.04 bits per heavy atom.